The van der Waals surface area contributed by atoms with Crippen LogP contribution in [0.5, 0.6) is 0 Å². The van der Waals surface area contributed by atoms with Crippen molar-refractivity contribution < 1.29 is 9.59 Å². The molecule has 3 nitrogen and oxygen atoms in total. The standard InChI is InChI=1S/C21H41NO2/c1-7-12-18(9-3)19(23)15-11-14-17(5)16-22-21(6,10-4)20(24)13-8-2/h17-18,22H,7-16H2,1-6H3. The quantitative estimate of drug-likeness (QED) is 0.439. The molecule has 0 saturated carbocycles. The van der Waals surface area contributed by atoms with Crippen LogP contribution in [0.4, 0.5) is 0 Å². The first-order chi connectivity index (χ1) is 11.3. The lowest BCUT2D eigenvalue weighted by atomic mass is 9.89. The number of rotatable bonds is 15. The van der Waals surface area contributed by atoms with Crippen LogP contribution in [0.1, 0.15) is 99.3 Å². The van der Waals surface area contributed by atoms with Gasteiger partial charge in [-0.15, -0.1) is 0 Å². The fourth-order valence-electron chi connectivity index (χ4n) is 3.20. The second kappa shape index (κ2) is 12.6. The Bertz CT molecular complexity index is 367. The van der Waals surface area contributed by atoms with Gasteiger partial charge in [-0.1, -0.05) is 41.0 Å². The van der Waals surface area contributed by atoms with Crippen LogP contribution < -0.4 is 5.32 Å². The highest BCUT2D eigenvalue weighted by Crippen LogP contribution is 2.18. The van der Waals surface area contributed by atoms with Crippen LogP contribution in [0, 0.1) is 11.8 Å². The molecule has 0 radical (unpaired) electrons. The Morgan fingerprint density at radius 3 is 2.17 bits per heavy atom. The summed E-state index contributed by atoms with van der Waals surface area (Å²) in [5.74, 6) is 1.51. The highest BCUT2D eigenvalue weighted by Gasteiger charge is 2.29. The predicted octanol–water partition coefficient (Wildman–Crippen LogP) is 5.32. The van der Waals surface area contributed by atoms with Crippen LogP contribution in [0.2, 0.25) is 0 Å². The van der Waals surface area contributed by atoms with Crippen molar-refractivity contribution in [3.63, 3.8) is 0 Å². The van der Waals surface area contributed by atoms with E-state index in [-0.39, 0.29) is 5.92 Å². The molecule has 0 aromatic rings. The topological polar surface area (TPSA) is 46.2 Å². The van der Waals surface area contributed by atoms with Crippen LogP contribution in [0.15, 0.2) is 0 Å². The Morgan fingerprint density at radius 2 is 1.67 bits per heavy atom. The second-order valence-corrected chi connectivity index (χ2v) is 7.60. The minimum absolute atomic E-state index is 0.262. The fourth-order valence-corrected chi connectivity index (χ4v) is 3.20. The summed E-state index contributed by atoms with van der Waals surface area (Å²) in [7, 11) is 0. The van der Waals surface area contributed by atoms with Gasteiger partial charge in [0.05, 0.1) is 5.54 Å². The molecule has 0 amide bonds. The summed E-state index contributed by atoms with van der Waals surface area (Å²) in [5.41, 5.74) is -0.394. The molecule has 3 atom stereocenters. The summed E-state index contributed by atoms with van der Waals surface area (Å²) >= 11 is 0. The molecule has 1 N–H and O–H groups in total. The molecule has 3 heteroatoms. The van der Waals surface area contributed by atoms with E-state index >= 15 is 0 Å². The summed E-state index contributed by atoms with van der Waals surface area (Å²) in [4.78, 5) is 24.5. The van der Waals surface area contributed by atoms with Crippen molar-refractivity contribution in [1.82, 2.24) is 5.32 Å². The maximum absolute atomic E-state index is 12.3. The van der Waals surface area contributed by atoms with Gasteiger partial charge in [-0.2, -0.15) is 0 Å². The predicted molar refractivity (Wildman–Crippen MR) is 103 cm³/mol. The van der Waals surface area contributed by atoms with Gasteiger partial charge < -0.3 is 5.32 Å². The molecular weight excluding hydrogens is 298 g/mol. The molecule has 142 valence electrons. The number of carbonyl (C=O) groups excluding carboxylic acids is 2. The third-order valence-corrected chi connectivity index (χ3v) is 5.35. The highest BCUT2D eigenvalue weighted by molar-refractivity contribution is 5.87. The first kappa shape index (κ1) is 23.3. The molecule has 3 unspecified atom stereocenters. The first-order valence-corrected chi connectivity index (χ1v) is 10.1. The zero-order valence-electron chi connectivity index (χ0n) is 17.0. The third-order valence-electron chi connectivity index (χ3n) is 5.35. The average molecular weight is 340 g/mol. The zero-order valence-corrected chi connectivity index (χ0v) is 17.0. The van der Waals surface area contributed by atoms with E-state index in [0.29, 0.717) is 30.3 Å². The third kappa shape index (κ3) is 8.41. The molecule has 24 heavy (non-hydrogen) atoms. The Morgan fingerprint density at radius 1 is 1.00 bits per heavy atom. The van der Waals surface area contributed by atoms with Crippen molar-refractivity contribution in [2.24, 2.45) is 11.8 Å². The Balaban J connectivity index is 4.19. The summed E-state index contributed by atoms with van der Waals surface area (Å²) in [6.45, 7) is 13.5. The van der Waals surface area contributed by atoms with E-state index in [1.807, 2.05) is 6.92 Å². The summed E-state index contributed by atoms with van der Waals surface area (Å²) in [6, 6.07) is 0. The van der Waals surface area contributed by atoms with Gasteiger partial charge in [0.1, 0.15) is 5.78 Å². The van der Waals surface area contributed by atoms with Gasteiger partial charge in [0.2, 0.25) is 0 Å². The van der Waals surface area contributed by atoms with E-state index in [4.69, 9.17) is 0 Å². The van der Waals surface area contributed by atoms with E-state index in [2.05, 4.69) is 39.9 Å². The molecular formula is C21H41NO2. The van der Waals surface area contributed by atoms with E-state index in [1.165, 1.54) is 0 Å². The van der Waals surface area contributed by atoms with E-state index in [9.17, 15) is 9.59 Å². The lowest BCUT2D eigenvalue weighted by Crippen LogP contribution is -2.50. The smallest absolute Gasteiger partial charge is 0.152 e. The lowest BCUT2D eigenvalue weighted by molar-refractivity contribution is -0.125. The number of carbonyl (C=O) groups is 2. The molecule has 0 saturated heterocycles. The van der Waals surface area contributed by atoms with Crippen LogP contribution >= 0.6 is 0 Å². The Kier molecular flexibility index (Phi) is 12.3. The monoisotopic (exact) mass is 339 g/mol. The van der Waals surface area contributed by atoms with Crippen LogP contribution in [0.25, 0.3) is 0 Å². The molecule has 0 aliphatic rings. The number of nitrogens with one attached hydrogen (secondary N) is 1. The molecule has 0 aliphatic carbocycles. The van der Waals surface area contributed by atoms with Crippen molar-refractivity contribution in [3.8, 4) is 0 Å². The maximum atomic E-state index is 12.3. The largest absolute Gasteiger partial charge is 0.305 e. The summed E-state index contributed by atoms with van der Waals surface area (Å²) in [6.07, 6.45) is 8.19. The van der Waals surface area contributed by atoms with Crippen molar-refractivity contribution in [2.75, 3.05) is 6.54 Å². The van der Waals surface area contributed by atoms with Crippen molar-refractivity contribution >= 4 is 11.6 Å². The van der Waals surface area contributed by atoms with E-state index < -0.39 is 5.54 Å². The summed E-state index contributed by atoms with van der Waals surface area (Å²) in [5, 5.41) is 3.49. The maximum Gasteiger partial charge on any atom is 0.152 e. The van der Waals surface area contributed by atoms with E-state index in [0.717, 1.165) is 51.5 Å². The van der Waals surface area contributed by atoms with Gasteiger partial charge >= 0.3 is 0 Å². The second-order valence-electron chi connectivity index (χ2n) is 7.60. The number of hydrogen-bond donors (Lipinski definition) is 1. The number of Topliss-reactive ketones (excluding diaryl/α,β-unsaturated/α-hetero) is 2. The molecule has 0 heterocycles. The minimum Gasteiger partial charge on any atom is -0.305 e. The van der Waals surface area contributed by atoms with E-state index in [1.54, 1.807) is 0 Å². The SMILES string of the molecule is CCCC(=O)C(C)(CC)NCC(C)CCCC(=O)C(CC)CCC. The van der Waals surface area contributed by atoms with Gasteiger partial charge in [0, 0.05) is 18.8 Å². The molecule has 0 rings (SSSR count). The van der Waals surface area contributed by atoms with Crippen molar-refractivity contribution in [1.29, 1.82) is 0 Å². The average Bonchev–Trinajstić information content (AvgIpc) is 2.57. The van der Waals surface area contributed by atoms with Crippen LogP contribution in [0.3, 0.4) is 0 Å². The van der Waals surface area contributed by atoms with Crippen molar-refractivity contribution in [2.45, 2.75) is 105 Å². The number of hydrogen-bond acceptors (Lipinski definition) is 3. The van der Waals surface area contributed by atoms with Gasteiger partial charge in [-0.05, 0) is 57.9 Å². The first-order valence-electron chi connectivity index (χ1n) is 10.1. The molecule has 0 fully saturated rings. The van der Waals surface area contributed by atoms with Crippen LogP contribution in [-0.4, -0.2) is 23.7 Å². The van der Waals surface area contributed by atoms with Gasteiger partial charge in [0.25, 0.3) is 0 Å². The fraction of sp³-hybridized carbons (Fsp3) is 0.905. The molecule has 0 bridgehead atoms. The van der Waals surface area contributed by atoms with Gasteiger partial charge in [-0.3, -0.25) is 9.59 Å². The molecule has 0 aliphatic heterocycles. The Labute approximate surface area is 150 Å². The minimum atomic E-state index is -0.394. The molecule has 0 spiro atoms. The molecule has 0 aromatic heterocycles. The zero-order chi connectivity index (χ0) is 18.6. The van der Waals surface area contributed by atoms with Crippen LogP contribution in [-0.2, 0) is 9.59 Å². The normalized spacial score (nSPS) is 16.4. The van der Waals surface area contributed by atoms with Gasteiger partial charge in [-0.25, -0.2) is 0 Å². The number of ketones is 2. The Hall–Kier alpha value is -0.700. The lowest BCUT2D eigenvalue weighted by Gasteiger charge is -2.30. The molecule has 0 aromatic carbocycles. The van der Waals surface area contributed by atoms with Crippen molar-refractivity contribution in [3.05, 3.63) is 0 Å². The van der Waals surface area contributed by atoms with Gasteiger partial charge in [0.15, 0.2) is 5.78 Å². The summed E-state index contributed by atoms with van der Waals surface area (Å²) < 4.78 is 0. The highest BCUT2D eigenvalue weighted by atomic mass is 16.1.